The van der Waals surface area contributed by atoms with Crippen molar-refractivity contribution in [3.63, 3.8) is 0 Å². The number of para-hydroxylation sites is 1. The van der Waals surface area contributed by atoms with E-state index in [1.165, 1.54) is 36.9 Å². The summed E-state index contributed by atoms with van der Waals surface area (Å²) in [6, 6.07) is 11.6. The number of benzene rings is 1. The van der Waals surface area contributed by atoms with Gasteiger partial charge in [0.2, 0.25) is 0 Å². The van der Waals surface area contributed by atoms with Crippen LogP contribution in [-0.4, -0.2) is 25.2 Å². The minimum absolute atomic E-state index is 0.363. The van der Waals surface area contributed by atoms with Crippen molar-refractivity contribution in [3.05, 3.63) is 29.8 Å². The number of likely N-dealkylation sites (N-methyl/N-ethyl adjacent to an activating group) is 1. The van der Waals surface area contributed by atoms with E-state index in [1.54, 1.807) is 0 Å². The SMILES string of the molecule is Cc1ccccc1N(C)CC(C#N)(NC1CC1)C1CC1. The van der Waals surface area contributed by atoms with Gasteiger partial charge in [-0.25, -0.2) is 0 Å². The van der Waals surface area contributed by atoms with Crippen molar-refractivity contribution in [1.29, 1.82) is 5.26 Å². The van der Waals surface area contributed by atoms with Gasteiger partial charge in [-0.1, -0.05) is 18.2 Å². The van der Waals surface area contributed by atoms with E-state index in [2.05, 4.69) is 54.5 Å². The molecule has 1 aromatic carbocycles. The average molecular weight is 269 g/mol. The van der Waals surface area contributed by atoms with Crippen LogP contribution in [0.4, 0.5) is 5.69 Å². The van der Waals surface area contributed by atoms with Gasteiger partial charge in [0.05, 0.1) is 6.07 Å². The number of nitriles is 1. The van der Waals surface area contributed by atoms with Crippen LogP contribution in [0.1, 0.15) is 31.2 Å². The highest BCUT2D eigenvalue weighted by atomic mass is 15.2. The zero-order valence-electron chi connectivity index (χ0n) is 12.4. The smallest absolute Gasteiger partial charge is 0.127 e. The van der Waals surface area contributed by atoms with Crippen LogP contribution in [0.2, 0.25) is 0 Å². The maximum absolute atomic E-state index is 9.79. The topological polar surface area (TPSA) is 39.1 Å². The van der Waals surface area contributed by atoms with Crippen LogP contribution in [0.3, 0.4) is 0 Å². The van der Waals surface area contributed by atoms with Crippen LogP contribution in [0.5, 0.6) is 0 Å². The number of nitrogens with zero attached hydrogens (tertiary/aromatic N) is 2. The zero-order chi connectivity index (χ0) is 14.2. The van der Waals surface area contributed by atoms with Gasteiger partial charge in [-0.05, 0) is 50.2 Å². The second-order valence-corrected chi connectivity index (χ2v) is 6.42. The van der Waals surface area contributed by atoms with Gasteiger partial charge in [0.15, 0.2) is 0 Å². The Labute approximate surface area is 121 Å². The zero-order valence-corrected chi connectivity index (χ0v) is 12.4. The predicted octanol–water partition coefficient (Wildman–Crippen LogP) is 2.86. The Bertz CT molecular complexity index is 525. The largest absolute Gasteiger partial charge is 0.371 e. The number of hydrogen-bond acceptors (Lipinski definition) is 3. The monoisotopic (exact) mass is 269 g/mol. The molecule has 0 amide bonds. The second kappa shape index (κ2) is 5.10. The lowest BCUT2D eigenvalue weighted by molar-refractivity contribution is 0.365. The molecule has 20 heavy (non-hydrogen) atoms. The highest BCUT2D eigenvalue weighted by Gasteiger charge is 2.48. The van der Waals surface area contributed by atoms with Gasteiger partial charge < -0.3 is 4.90 Å². The quantitative estimate of drug-likeness (QED) is 0.863. The molecule has 3 nitrogen and oxygen atoms in total. The van der Waals surface area contributed by atoms with Crippen LogP contribution in [0, 0.1) is 24.2 Å². The van der Waals surface area contributed by atoms with Gasteiger partial charge in [0, 0.05) is 25.3 Å². The standard InChI is InChI=1S/C17H23N3/c1-13-5-3-4-6-16(13)20(2)12-17(11-18,14-7-8-14)19-15-9-10-15/h3-6,14-15,19H,7-10,12H2,1-2H3. The van der Waals surface area contributed by atoms with Gasteiger partial charge in [-0.3, -0.25) is 5.32 Å². The van der Waals surface area contributed by atoms with Crippen molar-refractivity contribution in [2.45, 2.75) is 44.2 Å². The number of rotatable bonds is 6. The first-order chi connectivity index (χ1) is 9.64. The molecule has 0 heterocycles. The first kappa shape index (κ1) is 13.5. The molecule has 2 fully saturated rings. The summed E-state index contributed by atoms with van der Waals surface area (Å²) >= 11 is 0. The van der Waals surface area contributed by atoms with E-state index in [0.717, 1.165) is 6.54 Å². The molecule has 0 aliphatic heterocycles. The molecule has 2 saturated carbocycles. The molecule has 1 N–H and O–H groups in total. The Morgan fingerprint density at radius 3 is 2.55 bits per heavy atom. The molecule has 0 spiro atoms. The van der Waals surface area contributed by atoms with Crippen LogP contribution >= 0.6 is 0 Å². The summed E-state index contributed by atoms with van der Waals surface area (Å²) in [5.74, 6) is 0.527. The minimum Gasteiger partial charge on any atom is -0.371 e. The summed E-state index contributed by atoms with van der Waals surface area (Å²) in [4.78, 5) is 2.24. The average Bonchev–Trinajstić information content (AvgIpc) is 3.30. The number of aryl methyl sites for hydroxylation is 1. The van der Waals surface area contributed by atoms with Gasteiger partial charge >= 0.3 is 0 Å². The molecule has 1 atom stereocenters. The van der Waals surface area contributed by atoms with E-state index >= 15 is 0 Å². The number of hydrogen-bond donors (Lipinski definition) is 1. The van der Waals surface area contributed by atoms with Crippen molar-refractivity contribution in [3.8, 4) is 6.07 Å². The Morgan fingerprint density at radius 1 is 1.30 bits per heavy atom. The summed E-state index contributed by atoms with van der Waals surface area (Å²) in [6.45, 7) is 2.90. The number of anilines is 1. The van der Waals surface area contributed by atoms with Gasteiger partial charge in [0.25, 0.3) is 0 Å². The molecule has 0 radical (unpaired) electrons. The molecule has 0 saturated heterocycles. The molecule has 3 heteroatoms. The summed E-state index contributed by atoms with van der Waals surface area (Å²) in [6.07, 6.45) is 4.83. The normalized spacial score (nSPS) is 21.1. The van der Waals surface area contributed by atoms with E-state index in [4.69, 9.17) is 0 Å². The van der Waals surface area contributed by atoms with Crippen molar-refractivity contribution in [2.24, 2.45) is 5.92 Å². The summed E-state index contributed by atoms with van der Waals surface area (Å²) in [5, 5.41) is 13.4. The van der Waals surface area contributed by atoms with Crippen LogP contribution in [-0.2, 0) is 0 Å². The highest BCUT2D eigenvalue weighted by molar-refractivity contribution is 5.53. The fraction of sp³-hybridized carbons (Fsp3) is 0.588. The second-order valence-electron chi connectivity index (χ2n) is 6.42. The first-order valence-electron chi connectivity index (χ1n) is 7.60. The summed E-state index contributed by atoms with van der Waals surface area (Å²) < 4.78 is 0. The molecule has 0 bridgehead atoms. The lowest BCUT2D eigenvalue weighted by Gasteiger charge is -2.34. The van der Waals surface area contributed by atoms with Crippen LogP contribution in [0.15, 0.2) is 24.3 Å². The van der Waals surface area contributed by atoms with Crippen molar-refractivity contribution in [1.82, 2.24) is 5.32 Å². The maximum atomic E-state index is 9.79. The summed E-state index contributed by atoms with van der Waals surface area (Å²) in [5.41, 5.74) is 2.13. The van der Waals surface area contributed by atoms with Crippen molar-refractivity contribution < 1.29 is 0 Å². The molecule has 0 aromatic heterocycles. The molecule has 2 aliphatic carbocycles. The predicted molar refractivity (Wildman–Crippen MR) is 81.7 cm³/mol. The Kier molecular flexibility index (Phi) is 3.43. The Balaban J connectivity index is 1.79. The third kappa shape index (κ3) is 2.66. The third-order valence-electron chi connectivity index (χ3n) is 4.53. The Hall–Kier alpha value is -1.53. The number of nitrogens with one attached hydrogen (secondary N) is 1. The van der Waals surface area contributed by atoms with Crippen LogP contribution < -0.4 is 10.2 Å². The van der Waals surface area contributed by atoms with E-state index in [1.807, 2.05) is 0 Å². The maximum Gasteiger partial charge on any atom is 0.127 e. The van der Waals surface area contributed by atoms with Gasteiger partial charge in [0.1, 0.15) is 5.54 Å². The van der Waals surface area contributed by atoms with E-state index in [0.29, 0.717) is 12.0 Å². The molecule has 106 valence electrons. The molecular weight excluding hydrogens is 246 g/mol. The van der Waals surface area contributed by atoms with Gasteiger partial charge in [-0.2, -0.15) is 5.26 Å². The Morgan fingerprint density at radius 2 is 2.00 bits per heavy atom. The fourth-order valence-corrected chi connectivity index (χ4v) is 3.07. The molecular formula is C17H23N3. The lowest BCUT2D eigenvalue weighted by Crippen LogP contribution is -2.54. The molecule has 1 aromatic rings. The highest BCUT2D eigenvalue weighted by Crippen LogP contribution is 2.42. The molecule has 3 rings (SSSR count). The van der Waals surface area contributed by atoms with E-state index < -0.39 is 0 Å². The molecule has 2 aliphatic rings. The summed E-state index contributed by atoms with van der Waals surface area (Å²) in [7, 11) is 2.10. The van der Waals surface area contributed by atoms with Gasteiger partial charge in [-0.15, -0.1) is 0 Å². The first-order valence-corrected chi connectivity index (χ1v) is 7.60. The lowest BCUT2D eigenvalue weighted by atomic mass is 9.93. The molecule has 1 unspecified atom stereocenters. The third-order valence-corrected chi connectivity index (χ3v) is 4.53. The minimum atomic E-state index is -0.363. The van der Waals surface area contributed by atoms with E-state index in [9.17, 15) is 5.26 Å². The van der Waals surface area contributed by atoms with Crippen molar-refractivity contribution in [2.75, 3.05) is 18.5 Å². The van der Waals surface area contributed by atoms with E-state index in [-0.39, 0.29) is 5.54 Å². The van der Waals surface area contributed by atoms with Crippen LogP contribution in [0.25, 0.3) is 0 Å². The fourth-order valence-electron chi connectivity index (χ4n) is 3.07. The van der Waals surface area contributed by atoms with Crippen molar-refractivity contribution >= 4 is 5.69 Å².